The topological polar surface area (TPSA) is 90.6 Å². The van der Waals surface area contributed by atoms with Crippen LogP contribution in [-0.4, -0.2) is 46.7 Å². The normalized spacial score (nSPS) is 18.0. The van der Waals surface area contributed by atoms with Crippen molar-refractivity contribution in [3.63, 3.8) is 0 Å². The zero-order valence-corrected chi connectivity index (χ0v) is 14.5. The molecule has 25 heavy (non-hydrogen) atoms. The van der Waals surface area contributed by atoms with E-state index in [9.17, 15) is 4.79 Å². The van der Waals surface area contributed by atoms with Gasteiger partial charge in [0.25, 0.3) is 11.8 Å². The van der Waals surface area contributed by atoms with E-state index in [-0.39, 0.29) is 18.6 Å². The molecule has 1 aliphatic rings. The van der Waals surface area contributed by atoms with Crippen LogP contribution in [0.3, 0.4) is 0 Å². The summed E-state index contributed by atoms with van der Waals surface area (Å²) in [4.78, 5) is 23.5. The van der Waals surface area contributed by atoms with Crippen LogP contribution < -0.4 is 4.74 Å². The molecule has 0 saturated carbocycles. The van der Waals surface area contributed by atoms with Crippen molar-refractivity contribution in [2.75, 3.05) is 20.8 Å². The van der Waals surface area contributed by atoms with Gasteiger partial charge in [0.15, 0.2) is 5.82 Å². The van der Waals surface area contributed by atoms with Gasteiger partial charge in [-0.1, -0.05) is 24.1 Å². The molecule has 0 spiro atoms. The third-order valence-electron chi connectivity index (χ3n) is 4.22. The van der Waals surface area contributed by atoms with Gasteiger partial charge in [0.05, 0.1) is 13.2 Å². The first-order valence-corrected chi connectivity index (χ1v) is 8.36. The second kappa shape index (κ2) is 8.06. The van der Waals surface area contributed by atoms with E-state index in [1.54, 1.807) is 30.2 Å². The average molecular weight is 346 g/mol. The van der Waals surface area contributed by atoms with Gasteiger partial charge in [-0.2, -0.15) is 4.98 Å². The summed E-state index contributed by atoms with van der Waals surface area (Å²) in [6.07, 6.45) is 3.80. The van der Waals surface area contributed by atoms with E-state index in [0.29, 0.717) is 29.8 Å². The molecule has 1 amide bonds. The molecule has 0 bridgehead atoms. The lowest BCUT2D eigenvalue weighted by atomic mass is 10.1. The van der Waals surface area contributed by atoms with Crippen molar-refractivity contribution in [2.24, 2.45) is 0 Å². The first kappa shape index (κ1) is 17.3. The van der Waals surface area contributed by atoms with Gasteiger partial charge >= 0.3 is 0 Å². The number of ether oxygens (including phenoxy) is 2. The fraction of sp³-hybridized carbons (Fsp3) is 0.529. The predicted molar refractivity (Wildman–Crippen MR) is 88.0 cm³/mol. The van der Waals surface area contributed by atoms with Crippen molar-refractivity contribution >= 4 is 5.91 Å². The van der Waals surface area contributed by atoms with Gasteiger partial charge in [0.1, 0.15) is 12.3 Å². The van der Waals surface area contributed by atoms with Crippen molar-refractivity contribution in [1.29, 1.82) is 0 Å². The third kappa shape index (κ3) is 3.96. The van der Waals surface area contributed by atoms with Crippen LogP contribution in [0.4, 0.5) is 0 Å². The van der Waals surface area contributed by atoms with Gasteiger partial charge in [-0.05, 0) is 18.9 Å². The standard InChI is InChI=1S/C17H22N4O4/c1-23-11-15-19-16(20-25-15)13-8-4-3-5-10-21(13)17(22)12-7-6-9-14(18-12)24-2/h6-7,9,13H,3-5,8,10-11H2,1-2H3. The van der Waals surface area contributed by atoms with Gasteiger partial charge in [-0.15, -0.1) is 0 Å². The number of carbonyl (C=O) groups is 1. The predicted octanol–water partition coefficient (Wildman–Crippen LogP) is 2.38. The average Bonchev–Trinajstić information content (AvgIpc) is 2.97. The van der Waals surface area contributed by atoms with Gasteiger partial charge in [-0.3, -0.25) is 4.79 Å². The van der Waals surface area contributed by atoms with Crippen LogP contribution in [0.1, 0.15) is 53.9 Å². The smallest absolute Gasteiger partial charge is 0.273 e. The summed E-state index contributed by atoms with van der Waals surface area (Å²) in [6, 6.07) is 4.95. The van der Waals surface area contributed by atoms with Gasteiger partial charge in [0.2, 0.25) is 5.88 Å². The van der Waals surface area contributed by atoms with E-state index in [0.717, 1.165) is 25.7 Å². The Kier molecular flexibility index (Phi) is 5.60. The van der Waals surface area contributed by atoms with Crippen LogP contribution in [0.15, 0.2) is 22.7 Å². The molecule has 1 fully saturated rings. The Morgan fingerprint density at radius 1 is 1.28 bits per heavy atom. The van der Waals surface area contributed by atoms with Crippen molar-refractivity contribution in [3.8, 4) is 5.88 Å². The summed E-state index contributed by atoms with van der Waals surface area (Å²) in [6.45, 7) is 0.891. The number of likely N-dealkylation sites (tertiary alicyclic amines) is 1. The maximum Gasteiger partial charge on any atom is 0.273 e. The van der Waals surface area contributed by atoms with Crippen LogP contribution in [0.25, 0.3) is 0 Å². The summed E-state index contributed by atoms with van der Waals surface area (Å²) in [5.74, 6) is 1.20. The SMILES string of the molecule is COCc1nc(C2CCCCCN2C(=O)c2cccc(OC)n2)no1. The lowest BCUT2D eigenvalue weighted by Gasteiger charge is -2.27. The van der Waals surface area contributed by atoms with E-state index >= 15 is 0 Å². The molecule has 1 saturated heterocycles. The molecule has 8 nitrogen and oxygen atoms in total. The Hall–Kier alpha value is -2.48. The molecule has 0 aliphatic carbocycles. The number of aromatic nitrogens is 3. The van der Waals surface area contributed by atoms with Crippen molar-refractivity contribution in [2.45, 2.75) is 38.3 Å². The number of amides is 1. The van der Waals surface area contributed by atoms with Crippen molar-refractivity contribution in [3.05, 3.63) is 35.6 Å². The highest BCUT2D eigenvalue weighted by Crippen LogP contribution is 2.30. The lowest BCUT2D eigenvalue weighted by Crippen LogP contribution is -2.35. The zero-order chi connectivity index (χ0) is 17.6. The first-order chi connectivity index (χ1) is 12.2. The number of rotatable bonds is 5. The monoisotopic (exact) mass is 346 g/mol. The minimum absolute atomic E-state index is 0.149. The minimum Gasteiger partial charge on any atom is -0.481 e. The lowest BCUT2D eigenvalue weighted by molar-refractivity contribution is 0.0663. The maximum absolute atomic E-state index is 13.0. The molecular formula is C17H22N4O4. The number of methoxy groups -OCH3 is 2. The van der Waals surface area contributed by atoms with E-state index < -0.39 is 0 Å². The number of pyridine rings is 1. The zero-order valence-electron chi connectivity index (χ0n) is 14.5. The van der Waals surface area contributed by atoms with Crippen LogP contribution in [0.5, 0.6) is 5.88 Å². The Bertz CT molecular complexity index is 718. The fourth-order valence-electron chi connectivity index (χ4n) is 3.00. The summed E-state index contributed by atoms with van der Waals surface area (Å²) >= 11 is 0. The van der Waals surface area contributed by atoms with Gasteiger partial charge in [0, 0.05) is 19.7 Å². The van der Waals surface area contributed by atoms with Crippen LogP contribution in [0, 0.1) is 0 Å². The number of nitrogens with zero attached hydrogens (tertiary/aromatic N) is 4. The Balaban J connectivity index is 1.87. The summed E-state index contributed by atoms with van der Waals surface area (Å²) in [7, 11) is 3.10. The molecule has 1 unspecified atom stereocenters. The Morgan fingerprint density at radius 2 is 2.16 bits per heavy atom. The molecule has 2 aromatic heterocycles. The number of carbonyl (C=O) groups excluding carboxylic acids is 1. The highest BCUT2D eigenvalue weighted by atomic mass is 16.5. The Morgan fingerprint density at radius 3 is 2.96 bits per heavy atom. The molecule has 2 aromatic rings. The van der Waals surface area contributed by atoms with Crippen molar-refractivity contribution in [1.82, 2.24) is 20.0 Å². The molecule has 8 heteroatoms. The molecule has 0 N–H and O–H groups in total. The van der Waals surface area contributed by atoms with E-state index in [4.69, 9.17) is 14.0 Å². The summed E-state index contributed by atoms with van der Waals surface area (Å²) in [5, 5.41) is 4.06. The largest absolute Gasteiger partial charge is 0.481 e. The van der Waals surface area contributed by atoms with Crippen LogP contribution >= 0.6 is 0 Å². The van der Waals surface area contributed by atoms with Crippen LogP contribution in [-0.2, 0) is 11.3 Å². The third-order valence-corrected chi connectivity index (χ3v) is 4.22. The molecule has 134 valence electrons. The Labute approximate surface area is 146 Å². The molecule has 0 aromatic carbocycles. The molecule has 1 aliphatic heterocycles. The quantitative estimate of drug-likeness (QED) is 0.821. The molecule has 1 atom stereocenters. The molecular weight excluding hydrogens is 324 g/mol. The number of hydrogen-bond acceptors (Lipinski definition) is 7. The minimum atomic E-state index is -0.225. The number of hydrogen-bond donors (Lipinski definition) is 0. The van der Waals surface area contributed by atoms with Crippen LogP contribution in [0.2, 0.25) is 0 Å². The summed E-state index contributed by atoms with van der Waals surface area (Å²) < 4.78 is 15.4. The van der Waals surface area contributed by atoms with E-state index in [1.165, 1.54) is 7.11 Å². The van der Waals surface area contributed by atoms with Gasteiger partial charge in [-0.25, -0.2) is 4.98 Å². The first-order valence-electron chi connectivity index (χ1n) is 8.36. The van der Waals surface area contributed by atoms with E-state index in [2.05, 4.69) is 15.1 Å². The highest BCUT2D eigenvalue weighted by molar-refractivity contribution is 5.92. The molecule has 0 radical (unpaired) electrons. The molecule has 3 rings (SSSR count). The van der Waals surface area contributed by atoms with Crippen molar-refractivity contribution < 1.29 is 18.8 Å². The van der Waals surface area contributed by atoms with Gasteiger partial charge < -0.3 is 18.9 Å². The van der Waals surface area contributed by atoms with E-state index in [1.807, 2.05) is 0 Å². The fourth-order valence-corrected chi connectivity index (χ4v) is 3.00. The second-order valence-corrected chi connectivity index (χ2v) is 5.91. The molecule has 3 heterocycles. The second-order valence-electron chi connectivity index (χ2n) is 5.91. The maximum atomic E-state index is 13.0. The summed E-state index contributed by atoms with van der Waals surface area (Å²) in [5.41, 5.74) is 0.354. The highest BCUT2D eigenvalue weighted by Gasteiger charge is 2.31.